The fraction of sp³-hybridized carbons (Fsp3) is 0.538. The Morgan fingerprint density at radius 3 is 2.38 bits per heavy atom. The molecule has 1 aromatic rings. The highest BCUT2D eigenvalue weighted by atomic mass is 79.9. The molecule has 92 valence electrons. The number of benzene rings is 1. The summed E-state index contributed by atoms with van der Waals surface area (Å²) in [6.07, 6.45) is 2.24. The zero-order valence-corrected chi connectivity index (χ0v) is 12.6. The molecule has 0 bridgehead atoms. The number of rotatable bonds is 4. The maximum absolute atomic E-state index is 6.16. The average Bonchev–Trinajstić information content (AvgIpc) is 2.14. The van der Waals surface area contributed by atoms with Gasteiger partial charge in [0, 0.05) is 10.5 Å². The van der Waals surface area contributed by atoms with Crippen molar-refractivity contribution >= 4 is 28.3 Å². The van der Waals surface area contributed by atoms with Gasteiger partial charge in [-0.25, -0.2) is 0 Å². The zero-order valence-electron chi connectivity index (χ0n) is 10.2. The predicted octanol–water partition coefficient (Wildman–Crippen LogP) is 4.62. The van der Waals surface area contributed by atoms with Gasteiger partial charge in [0.25, 0.3) is 0 Å². The highest BCUT2D eigenvalue weighted by Crippen LogP contribution is 2.26. The Balaban J connectivity index is 0.00000225. The summed E-state index contributed by atoms with van der Waals surface area (Å²) in [6.45, 7) is 6.56. The smallest absolute Gasteiger partial charge is 0.0306 e. The van der Waals surface area contributed by atoms with Crippen LogP contribution in [-0.4, -0.2) is 0 Å². The Morgan fingerprint density at radius 1 is 1.25 bits per heavy atom. The molecule has 0 heterocycles. The van der Waals surface area contributed by atoms with Crippen molar-refractivity contribution in [2.75, 3.05) is 0 Å². The number of halogens is 2. The third-order valence-electron chi connectivity index (χ3n) is 2.61. The lowest BCUT2D eigenvalue weighted by Gasteiger charge is -2.15. The first-order valence-electron chi connectivity index (χ1n) is 5.52. The second-order valence-corrected chi connectivity index (χ2v) is 5.46. The van der Waals surface area contributed by atoms with Crippen LogP contribution in [0.1, 0.15) is 43.9 Å². The van der Waals surface area contributed by atoms with Crippen molar-refractivity contribution in [3.05, 3.63) is 33.8 Å². The van der Waals surface area contributed by atoms with Crippen LogP contribution in [0.3, 0.4) is 0 Å². The molecule has 1 nitrogen and oxygen atoms in total. The molecule has 0 amide bonds. The largest absolute Gasteiger partial charge is 0.324 e. The number of aryl methyl sites for hydroxylation is 1. The third-order valence-corrected chi connectivity index (χ3v) is 3.30. The second kappa shape index (κ2) is 7.31. The molecule has 0 saturated heterocycles. The van der Waals surface area contributed by atoms with E-state index >= 15 is 0 Å². The molecule has 0 aromatic heterocycles. The summed E-state index contributed by atoms with van der Waals surface area (Å²) < 4.78 is 1.14. The van der Waals surface area contributed by atoms with Crippen molar-refractivity contribution in [3.63, 3.8) is 0 Å². The van der Waals surface area contributed by atoms with Crippen LogP contribution in [-0.2, 0) is 0 Å². The molecule has 1 rings (SSSR count). The maximum Gasteiger partial charge on any atom is 0.0306 e. The fourth-order valence-corrected chi connectivity index (χ4v) is 2.39. The summed E-state index contributed by atoms with van der Waals surface area (Å²) in [5.41, 5.74) is 8.65. The van der Waals surface area contributed by atoms with Crippen molar-refractivity contribution in [1.82, 2.24) is 0 Å². The SMILES string of the molecule is Cc1ccc([C@H](N)CCC(C)C)c(Br)c1.Cl. The first-order valence-corrected chi connectivity index (χ1v) is 6.31. The van der Waals surface area contributed by atoms with Crippen LogP contribution in [0.4, 0.5) is 0 Å². The van der Waals surface area contributed by atoms with Crippen LogP contribution >= 0.6 is 28.3 Å². The summed E-state index contributed by atoms with van der Waals surface area (Å²) in [6, 6.07) is 6.53. The molecule has 1 aromatic carbocycles. The van der Waals surface area contributed by atoms with Gasteiger partial charge in [-0.3, -0.25) is 0 Å². The fourth-order valence-electron chi connectivity index (χ4n) is 1.60. The van der Waals surface area contributed by atoms with Crippen molar-refractivity contribution < 1.29 is 0 Å². The van der Waals surface area contributed by atoms with Gasteiger partial charge in [-0.2, -0.15) is 0 Å². The van der Waals surface area contributed by atoms with Crippen LogP contribution in [0.25, 0.3) is 0 Å². The van der Waals surface area contributed by atoms with Crippen LogP contribution < -0.4 is 5.73 Å². The predicted molar refractivity (Wildman–Crippen MR) is 77.1 cm³/mol. The van der Waals surface area contributed by atoms with Gasteiger partial charge in [0.2, 0.25) is 0 Å². The second-order valence-electron chi connectivity index (χ2n) is 4.60. The summed E-state index contributed by atoms with van der Waals surface area (Å²) in [7, 11) is 0. The lowest BCUT2D eigenvalue weighted by atomic mass is 9.98. The molecule has 0 radical (unpaired) electrons. The van der Waals surface area contributed by atoms with Gasteiger partial charge >= 0.3 is 0 Å². The van der Waals surface area contributed by atoms with E-state index in [1.807, 2.05) is 0 Å². The summed E-state index contributed by atoms with van der Waals surface area (Å²) in [5, 5.41) is 0. The topological polar surface area (TPSA) is 26.0 Å². The Kier molecular flexibility index (Phi) is 7.29. The van der Waals surface area contributed by atoms with E-state index in [0.29, 0.717) is 0 Å². The van der Waals surface area contributed by atoms with E-state index in [-0.39, 0.29) is 18.4 Å². The van der Waals surface area contributed by atoms with Gasteiger partial charge in [0.1, 0.15) is 0 Å². The number of nitrogens with two attached hydrogens (primary N) is 1. The van der Waals surface area contributed by atoms with E-state index in [1.54, 1.807) is 0 Å². The van der Waals surface area contributed by atoms with Gasteiger partial charge in [-0.05, 0) is 42.9 Å². The zero-order chi connectivity index (χ0) is 11.4. The van der Waals surface area contributed by atoms with Crippen molar-refractivity contribution in [2.24, 2.45) is 11.7 Å². The lowest BCUT2D eigenvalue weighted by Crippen LogP contribution is -2.11. The molecule has 0 aliphatic rings. The Hall–Kier alpha value is -0.0500. The molecule has 2 N–H and O–H groups in total. The van der Waals surface area contributed by atoms with Crippen molar-refractivity contribution in [3.8, 4) is 0 Å². The van der Waals surface area contributed by atoms with Crippen LogP contribution in [0.15, 0.2) is 22.7 Å². The monoisotopic (exact) mass is 305 g/mol. The van der Waals surface area contributed by atoms with E-state index in [0.717, 1.165) is 16.8 Å². The highest BCUT2D eigenvalue weighted by molar-refractivity contribution is 9.10. The van der Waals surface area contributed by atoms with Gasteiger partial charge < -0.3 is 5.73 Å². The quantitative estimate of drug-likeness (QED) is 0.863. The summed E-state index contributed by atoms with van der Waals surface area (Å²) >= 11 is 3.57. The van der Waals surface area contributed by atoms with Gasteiger partial charge in [-0.1, -0.05) is 41.9 Å². The summed E-state index contributed by atoms with van der Waals surface area (Å²) in [5.74, 6) is 0.722. The van der Waals surface area contributed by atoms with E-state index in [1.165, 1.54) is 17.5 Å². The molecule has 0 unspecified atom stereocenters. The standard InChI is InChI=1S/C13H20BrN.ClH/c1-9(2)4-7-13(15)11-6-5-10(3)8-12(11)14;/h5-6,8-9,13H,4,7,15H2,1-3H3;1H/t13-;/m1./s1. The summed E-state index contributed by atoms with van der Waals surface area (Å²) in [4.78, 5) is 0. The van der Waals surface area contributed by atoms with Crippen LogP contribution in [0.5, 0.6) is 0 Å². The van der Waals surface area contributed by atoms with Crippen molar-refractivity contribution in [1.29, 1.82) is 0 Å². The molecule has 0 spiro atoms. The number of hydrogen-bond acceptors (Lipinski definition) is 1. The molecule has 0 aliphatic carbocycles. The van der Waals surface area contributed by atoms with Gasteiger partial charge in [-0.15, -0.1) is 12.4 Å². The Bertz CT molecular complexity index is 326. The first-order chi connectivity index (χ1) is 7.00. The lowest BCUT2D eigenvalue weighted by molar-refractivity contribution is 0.506. The molecule has 1 atom stereocenters. The Labute approximate surface area is 113 Å². The molecule has 0 aliphatic heterocycles. The van der Waals surface area contributed by atoms with Crippen LogP contribution in [0.2, 0.25) is 0 Å². The molecule has 16 heavy (non-hydrogen) atoms. The average molecular weight is 307 g/mol. The minimum atomic E-state index is 0. The van der Waals surface area contributed by atoms with Gasteiger partial charge in [0.05, 0.1) is 0 Å². The molecular weight excluding hydrogens is 286 g/mol. The molecular formula is C13H21BrClN. The molecule has 0 fully saturated rings. The highest BCUT2D eigenvalue weighted by Gasteiger charge is 2.10. The minimum absolute atomic E-state index is 0. The maximum atomic E-state index is 6.16. The molecule has 0 saturated carbocycles. The van der Waals surface area contributed by atoms with Crippen molar-refractivity contribution in [2.45, 2.75) is 39.7 Å². The van der Waals surface area contributed by atoms with Gasteiger partial charge in [0.15, 0.2) is 0 Å². The van der Waals surface area contributed by atoms with E-state index in [9.17, 15) is 0 Å². The minimum Gasteiger partial charge on any atom is -0.324 e. The van der Waals surface area contributed by atoms with E-state index in [4.69, 9.17) is 5.73 Å². The number of hydrogen-bond donors (Lipinski definition) is 1. The normalized spacial score (nSPS) is 12.4. The van der Waals surface area contributed by atoms with E-state index in [2.05, 4.69) is 54.9 Å². The third kappa shape index (κ3) is 4.86. The van der Waals surface area contributed by atoms with Crippen LogP contribution in [0, 0.1) is 12.8 Å². The molecule has 3 heteroatoms. The Morgan fingerprint density at radius 2 is 1.88 bits per heavy atom. The first kappa shape index (κ1) is 16.0. The van der Waals surface area contributed by atoms with E-state index < -0.39 is 0 Å².